The van der Waals surface area contributed by atoms with Gasteiger partial charge in [-0.1, -0.05) is 12.1 Å². The van der Waals surface area contributed by atoms with E-state index in [1.165, 1.54) is 18.9 Å². The second-order valence-electron chi connectivity index (χ2n) is 4.27. The van der Waals surface area contributed by atoms with E-state index >= 15 is 0 Å². The predicted octanol–water partition coefficient (Wildman–Crippen LogP) is 0.545. The van der Waals surface area contributed by atoms with E-state index in [1.54, 1.807) is 7.11 Å². The van der Waals surface area contributed by atoms with Gasteiger partial charge in [-0.2, -0.15) is 0 Å². The molecule has 0 bridgehead atoms. The number of carbonyl (C=O) groups excluding carboxylic acids is 2. The van der Waals surface area contributed by atoms with Crippen LogP contribution in [0.25, 0.3) is 0 Å². The first-order chi connectivity index (χ1) is 10.1. The van der Waals surface area contributed by atoms with Gasteiger partial charge in [0.05, 0.1) is 20.0 Å². The van der Waals surface area contributed by atoms with Crippen LogP contribution < -0.4 is 15.8 Å². The Morgan fingerprint density at radius 3 is 2.81 bits per heavy atom. The third-order valence-electron chi connectivity index (χ3n) is 2.66. The first-order valence-electron chi connectivity index (χ1n) is 6.37. The summed E-state index contributed by atoms with van der Waals surface area (Å²) in [5.41, 5.74) is 6.53. The van der Waals surface area contributed by atoms with Crippen molar-refractivity contribution in [2.24, 2.45) is 5.73 Å². The van der Waals surface area contributed by atoms with Gasteiger partial charge >= 0.3 is 5.97 Å². The quantitative estimate of drug-likeness (QED) is 0.681. The van der Waals surface area contributed by atoms with Crippen molar-refractivity contribution < 1.29 is 19.1 Å². The van der Waals surface area contributed by atoms with Crippen molar-refractivity contribution in [3.8, 4) is 5.75 Å². The lowest BCUT2D eigenvalue weighted by atomic mass is 10.2. The summed E-state index contributed by atoms with van der Waals surface area (Å²) in [7, 11) is 2.88. The van der Waals surface area contributed by atoms with E-state index in [0.717, 1.165) is 11.3 Å². The van der Waals surface area contributed by atoms with Crippen LogP contribution in [0.1, 0.15) is 5.56 Å². The Labute approximate surface area is 128 Å². The third-order valence-corrected chi connectivity index (χ3v) is 3.72. The highest BCUT2D eigenvalue weighted by Crippen LogP contribution is 2.12. The van der Waals surface area contributed by atoms with Crippen LogP contribution in [0.3, 0.4) is 0 Å². The first kappa shape index (κ1) is 17.3. The monoisotopic (exact) mass is 312 g/mol. The molecule has 3 N–H and O–H groups in total. The van der Waals surface area contributed by atoms with Crippen LogP contribution in [-0.2, 0) is 20.9 Å². The number of ether oxygens (including phenoxy) is 2. The molecule has 0 heterocycles. The van der Waals surface area contributed by atoms with Gasteiger partial charge in [0.2, 0.25) is 5.91 Å². The van der Waals surface area contributed by atoms with Crippen LogP contribution in [0.2, 0.25) is 0 Å². The van der Waals surface area contributed by atoms with Crippen molar-refractivity contribution in [2.75, 3.05) is 25.7 Å². The van der Waals surface area contributed by atoms with Gasteiger partial charge in [-0.25, -0.2) is 0 Å². The Morgan fingerprint density at radius 2 is 2.14 bits per heavy atom. The van der Waals surface area contributed by atoms with Crippen LogP contribution in [-0.4, -0.2) is 43.6 Å². The highest BCUT2D eigenvalue weighted by atomic mass is 32.2. The molecule has 7 heteroatoms. The number of nitrogens with one attached hydrogen (secondary N) is 1. The molecular formula is C14H20N2O4S. The Kier molecular flexibility index (Phi) is 7.63. The fraction of sp³-hybridized carbons (Fsp3) is 0.429. The maximum Gasteiger partial charge on any atom is 0.323 e. The first-order valence-corrected chi connectivity index (χ1v) is 7.53. The number of methoxy groups -OCH3 is 2. The summed E-state index contributed by atoms with van der Waals surface area (Å²) in [4.78, 5) is 22.8. The normalized spacial score (nSPS) is 11.6. The molecule has 0 saturated carbocycles. The van der Waals surface area contributed by atoms with Gasteiger partial charge in [-0.3, -0.25) is 9.59 Å². The minimum Gasteiger partial charge on any atom is -0.497 e. The summed E-state index contributed by atoms with van der Waals surface area (Å²) in [5.74, 6) is 0.757. The van der Waals surface area contributed by atoms with Crippen LogP contribution >= 0.6 is 11.8 Å². The molecule has 1 aromatic carbocycles. The molecule has 6 nitrogen and oxygen atoms in total. The number of carbonyl (C=O) groups is 2. The van der Waals surface area contributed by atoms with Gasteiger partial charge in [0.15, 0.2) is 0 Å². The molecule has 0 spiro atoms. The van der Waals surface area contributed by atoms with Gasteiger partial charge in [-0.05, 0) is 17.7 Å². The van der Waals surface area contributed by atoms with Crippen molar-refractivity contribution in [1.82, 2.24) is 5.32 Å². The summed E-state index contributed by atoms with van der Waals surface area (Å²) in [6, 6.07) is 6.77. The van der Waals surface area contributed by atoms with E-state index in [-0.39, 0.29) is 11.7 Å². The standard InChI is InChI=1S/C14H20N2O4S/c1-19-11-5-3-4-10(6-11)7-16-13(17)9-21-8-12(15)14(18)20-2/h3-6,12H,7-9,15H2,1-2H3,(H,16,17). The molecule has 0 aliphatic heterocycles. The summed E-state index contributed by atoms with van der Waals surface area (Å²) >= 11 is 1.29. The molecule has 1 rings (SSSR count). The summed E-state index contributed by atoms with van der Waals surface area (Å²) in [6.07, 6.45) is 0. The third kappa shape index (κ3) is 6.50. The van der Waals surface area contributed by atoms with Crippen molar-refractivity contribution in [3.05, 3.63) is 29.8 Å². The molecule has 0 aliphatic carbocycles. The number of amides is 1. The SMILES string of the molecule is COC(=O)C(N)CSCC(=O)NCc1cccc(OC)c1. The predicted molar refractivity (Wildman–Crippen MR) is 82.2 cm³/mol. The number of nitrogens with two attached hydrogens (primary N) is 1. The molecule has 0 radical (unpaired) electrons. The number of benzene rings is 1. The highest BCUT2D eigenvalue weighted by molar-refractivity contribution is 8.00. The minimum atomic E-state index is -0.703. The maximum atomic E-state index is 11.7. The van der Waals surface area contributed by atoms with Crippen molar-refractivity contribution in [3.63, 3.8) is 0 Å². The average Bonchev–Trinajstić information content (AvgIpc) is 2.52. The number of esters is 1. The molecule has 0 aliphatic rings. The van der Waals surface area contributed by atoms with Crippen molar-refractivity contribution in [2.45, 2.75) is 12.6 Å². The smallest absolute Gasteiger partial charge is 0.323 e. The van der Waals surface area contributed by atoms with Crippen LogP contribution in [0.15, 0.2) is 24.3 Å². The van der Waals surface area contributed by atoms with Gasteiger partial charge in [0, 0.05) is 12.3 Å². The number of thioether (sulfide) groups is 1. The molecule has 1 aromatic rings. The zero-order chi connectivity index (χ0) is 15.7. The van der Waals surface area contributed by atoms with E-state index in [0.29, 0.717) is 12.3 Å². The van der Waals surface area contributed by atoms with Gasteiger partial charge < -0.3 is 20.5 Å². The fourth-order valence-electron chi connectivity index (χ4n) is 1.53. The van der Waals surface area contributed by atoms with Crippen LogP contribution in [0.5, 0.6) is 5.75 Å². The number of hydrogen-bond donors (Lipinski definition) is 2. The van der Waals surface area contributed by atoms with Crippen LogP contribution in [0.4, 0.5) is 0 Å². The Bertz CT molecular complexity index is 482. The summed E-state index contributed by atoms with van der Waals surface area (Å²) in [5, 5.41) is 2.79. The second kappa shape index (κ2) is 9.25. The second-order valence-corrected chi connectivity index (χ2v) is 5.30. The molecule has 21 heavy (non-hydrogen) atoms. The van der Waals surface area contributed by atoms with E-state index in [1.807, 2.05) is 24.3 Å². The Morgan fingerprint density at radius 1 is 1.38 bits per heavy atom. The van der Waals surface area contributed by atoms with Crippen molar-refractivity contribution >= 4 is 23.6 Å². The topological polar surface area (TPSA) is 90.7 Å². The summed E-state index contributed by atoms with van der Waals surface area (Å²) in [6.45, 7) is 0.430. The van der Waals surface area contributed by atoms with E-state index in [4.69, 9.17) is 10.5 Å². The lowest BCUT2D eigenvalue weighted by Crippen LogP contribution is -2.34. The maximum absolute atomic E-state index is 11.7. The molecule has 116 valence electrons. The fourth-order valence-corrected chi connectivity index (χ4v) is 2.33. The van der Waals surface area contributed by atoms with Crippen LogP contribution in [0, 0.1) is 0 Å². The van der Waals surface area contributed by atoms with E-state index in [9.17, 15) is 9.59 Å². The minimum absolute atomic E-state index is 0.111. The number of hydrogen-bond acceptors (Lipinski definition) is 6. The van der Waals surface area contributed by atoms with Gasteiger partial charge in [-0.15, -0.1) is 11.8 Å². The molecule has 0 fully saturated rings. The van der Waals surface area contributed by atoms with E-state index in [2.05, 4.69) is 10.1 Å². The largest absolute Gasteiger partial charge is 0.497 e. The zero-order valence-corrected chi connectivity index (χ0v) is 12.9. The molecule has 0 aromatic heterocycles. The zero-order valence-electron chi connectivity index (χ0n) is 12.1. The van der Waals surface area contributed by atoms with Crippen molar-refractivity contribution in [1.29, 1.82) is 0 Å². The molecule has 1 unspecified atom stereocenters. The Balaban J connectivity index is 2.26. The average molecular weight is 312 g/mol. The lowest BCUT2D eigenvalue weighted by Gasteiger charge is -2.09. The highest BCUT2D eigenvalue weighted by Gasteiger charge is 2.14. The molecule has 1 amide bonds. The number of rotatable bonds is 8. The molecule has 1 atom stereocenters. The lowest BCUT2D eigenvalue weighted by molar-refractivity contribution is -0.141. The molecular weight excluding hydrogens is 292 g/mol. The Hall–Kier alpha value is -1.73. The van der Waals surface area contributed by atoms with Gasteiger partial charge in [0.1, 0.15) is 11.8 Å². The summed E-state index contributed by atoms with van der Waals surface area (Å²) < 4.78 is 9.62. The van der Waals surface area contributed by atoms with Gasteiger partial charge in [0.25, 0.3) is 0 Å². The molecule has 0 saturated heterocycles. The van der Waals surface area contributed by atoms with E-state index < -0.39 is 12.0 Å².